The van der Waals surface area contributed by atoms with Gasteiger partial charge in [-0.05, 0) is 52.7 Å². The molecule has 0 bridgehead atoms. The van der Waals surface area contributed by atoms with Gasteiger partial charge in [-0.3, -0.25) is 4.79 Å². The summed E-state index contributed by atoms with van der Waals surface area (Å²) < 4.78 is 0. The van der Waals surface area contributed by atoms with Gasteiger partial charge < -0.3 is 4.90 Å². The van der Waals surface area contributed by atoms with Crippen LogP contribution >= 0.6 is 0 Å². The molecule has 0 radical (unpaired) electrons. The fourth-order valence-electron chi connectivity index (χ4n) is 2.91. The third-order valence-corrected chi connectivity index (χ3v) is 3.78. The van der Waals surface area contributed by atoms with Crippen LogP contribution in [0.15, 0.2) is 30.3 Å². The lowest BCUT2D eigenvalue weighted by Crippen LogP contribution is -2.51. The van der Waals surface area contributed by atoms with E-state index in [1.54, 1.807) is 0 Å². The molecule has 1 fully saturated rings. The van der Waals surface area contributed by atoms with Gasteiger partial charge in [-0.15, -0.1) is 0 Å². The smallest absolute Gasteiger partial charge is 0.254 e. The number of nitrogens with zero attached hydrogens (tertiary/aromatic N) is 1. The van der Waals surface area contributed by atoms with Gasteiger partial charge in [0.25, 0.3) is 5.91 Å². The third-order valence-electron chi connectivity index (χ3n) is 3.78. The van der Waals surface area contributed by atoms with E-state index in [1.165, 1.54) is 0 Å². The van der Waals surface area contributed by atoms with Crippen molar-refractivity contribution in [3.63, 3.8) is 0 Å². The number of hydrogen-bond donors (Lipinski definition) is 0. The summed E-state index contributed by atoms with van der Waals surface area (Å²) in [6.45, 7) is 8.62. The van der Waals surface area contributed by atoms with Crippen molar-refractivity contribution in [3.05, 3.63) is 35.9 Å². The molecule has 0 aromatic heterocycles. The Labute approximate surface area is 104 Å². The second-order valence-corrected chi connectivity index (χ2v) is 6.13. The molecule has 2 heteroatoms. The Balaban J connectivity index is 2.36. The molecule has 0 spiro atoms. The molecule has 2 nitrogen and oxygen atoms in total. The molecular formula is C15H21NO. The van der Waals surface area contributed by atoms with Gasteiger partial charge in [0.05, 0.1) is 0 Å². The Hall–Kier alpha value is -1.31. The lowest BCUT2D eigenvalue weighted by atomic mass is 10.0. The van der Waals surface area contributed by atoms with Gasteiger partial charge in [-0.25, -0.2) is 0 Å². The summed E-state index contributed by atoms with van der Waals surface area (Å²) in [6, 6.07) is 9.57. The zero-order valence-electron chi connectivity index (χ0n) is 11.2. The zero-order valence-corrected chi connectivity index (χ0v) is 11.2. The summed E-state index contributed by atoms with van der Waals surface area (Å²) in [4.78, 5) is 14.7. The maximum absolute atomic E-state index is 12.6. The molecule has 1 saturated heterocycles. The van der Waals surface area contributed by atoms with Crippen LogP contribution in [-0.2, 0) is 0 Å². The Kier molecular flexibility index (Phi) is 2.76. The van der Waals surface area contributed by atoms with Gasteiger partial charge in [0.15, 0.2) is 0 Å². The number of rotatable bonds is 1. The summed E-state index contributed by atoms with van der Waals surface area (Å²) in [7, 11) is 0. The minimum Gasteiger partial charge on any atom is -0.328 e. The second-order valence-electron chi connectivity index (χ2n) is 6.13. The van der Waals surface area contributed by atoms with Crippen LogP contribution in [-0.4, -0.2) is 21.9 Å². The molecule has 0 unspecified atom stereocenters. The third kappa shape index (κ3) is 2.08. The van der Waals surface area contributed by atoms with Gasteiger partial charge in [-0.2, -0.15) is 0 Å². The van der Waals surface area contributed by atoms with Crippen molar-refractivity contribution >= 4 is 5.91 Å². The van der Waals surface area contributed by atoms with Crippen LogP contribution in [0.3, 0.4) is 0 Å². The van der Waals surface area contributed by atoms with E-state index in [9.17, 15) is 4.79 Å². The zero-order chi connectivity index (χ0) is 12.7. The van der Waals surface area contributed by atoms with E-state index in [1.807, 2.05) is 30.3 Å². The van der Waals surface area contributed by atoms with Crippen molar-refractivity contribution in [1.82, 2.24) is 4.90 Å². The average molecular weight is 231 g/mol. The largest absolute Gasteiger partial charge is 0.328 e. The minimum atomic E-state index is -0.0452. The number of benzene rings is 1. The van der Waals surface area contributed by atoms with Crippen LogP contribution in [0, 0.1) is 0 Å². The quantitative estimate of drug-likeness (QED) is 0.724. The van der Waals surface area contributed by atoms with E-state index in [-0.39, 0.29) is 17.0 Å². The fourth-order valence-corrected chi connectivity index (χ4v) is 2.91. The number of hydrogen-bond acceptors (Lipinski definition) is 1. The number of carbonyl (C=O) groups is 1. The molecule has 1 aromatic rings. The molecule has 0 saturated carbocycles. The number of carbonyl (C=O) groups excluding carboxylic acids is 1. The highest BCUT2D eigenvalue weighted by molar-refractivity contribution is 5.95. The van der Waals surface area contributed by atoms with Crippen molar-refractivity contribution < 1.29 is 4.79 Å². The minimum absolute atomic E-state index is 0.0452. The Morgan fingerprint density at radius 1 is 1.00 bits per heavy atom. The van der Waals surface area contributed by atoms with E-state index in [0.717, 1.165) is 18.4 Å². The van der Waals surface area contributed by atoms with Crippen molar-refractivity contribution in [2.45, 2.75) is 51.6 Å². The Morgan fingerprint density at radius 3 is 1.94 bits per heavy atom. The molecule has 1 aliphatic rings. The molecule has 2 rings (SSSR count). The summed E-state index contributed by atoms with van der Waals surface area (Å²) in [6.07, 6.45) is 2.14. The fraction of sp³-hybridized carbons (Fsp3) is 0.533. The Bertz CT molecular complexity index is 404. The summed E-state index contributed by atoms with van der Waals surface area (Å²) in [5.74, 6) is 0.151. The molecule has 1 aromatic carbocycles. The maximum atomic E-state index is 12.6. The molecule has 0 atom stereocenters. The van der Waals surface area contributed by atoms with Crippen molar-refractivity contribution in [1.29, 1.82) is 0 Å². The molecule has 1 amide bonds. The predicted octanol–water partition coefficient (Wildman–Crippen LogP) is 3.48. The standard InChI is InChI=1S/C15H21NO/c1-14(2)10-11-15(3,4)16(14)13(17)12-8-6-5-7-9-12/h5-9H,10-11H2,1-4H3. The predicted molar refractivity (Wildman–Crippen MR) is 70.0 cm³/mol. The van der Waals surface area contributed by atoms with Gasteiger partial charge >= 0.3 is 0 Å². The summed E-state index contributed by atoms with van der Waals surface area (Å²) in [5, 5.41) is 0. The highest BCUT2D eigenvalue weighted by Gasteiger charge is 2.47. The highest BCUT2D eigenvalue weighted by atomic mass is 16.2. The molecule has 1 heterocycles. The first-order valence-corrected chi connectivity index (χ1v) is 6.24. The lowest BCUT2D eigenvalue weighted by Gasteiger charge is -2.40. The monoisotopic (exact) mass is 231 g/mol. The topological polar surface area (TPSA) is 20.3 Å². The number of likely N-dealkylation sites (tertiary alicyclic amines) is 1. The molecule has 0 N–H and O–H groups in total. The van der Waals surface area contributed by atoms with Crippen LogP contribution in [0.4, 0.5) is 0 Å². The first kappa shape index (κ1) is 12.2. The first-order valence-electron chi connectivity index (χ1n) is 6.24. The molecule has 17 heavy (non-hydrogen) atoms. The highest BCUT2D eigenvalue weighted by Crippen LogP contribution is 2.41. The van der Waals surface area contributed by atoms with Crippen LogP contribution in [0.25, 0.3) is 0 Å². The van der Waals surface area contributed by atoms with E-state index in [2.05, 4.69) is 32.6 Å². The van der Waals surface area contributed by atoms with Crippen molar-refractivity contribution in [2.24, 2.45) is 0 Å². The molecule has 1 aliphatic heterocycles. The van der Waals surface area contributed by atoms with Crippen molar-refractivity contribution in [3.8, 4) is 0 Å². The van der Waals surface area contributed by atoms with Crippen LogP contribution in [0.2, 0.25) is 0 Å². The van der Waals surface area contributed by atoms with Gasteiger partial charge in [0.1, 0.15) is 0 Å². The maximum Gasteiger partial charge on any atom is 0.254 e. The van der Waals surface area contributed by atoms with Crippen LogP contribution < -0.4 is 0 Å². The van der Waals surface area contributed by atoms with Gasteiger partial charge in [0.2, 0.25) is 0 Å². The Morgan fingerprint density at radius 2 is 1.47 bits per heavy atom. The molecule has 92 valence electrons. The summed E-state index contributed by atoms with van der Waals surface area (Å²) >= 11 is 0. The van der Waals surface area contributed by atoms with Gasteiger partial charge in [0, 0.05) is 16.6 Å². The number of amides is 1. The van der Waals surface area contributed by atoms with E-state index < -0.39 is 0 Å². The average Bonchev–Trinajstić information content (AvgIpc) is 2.49. The second kappa shape index (κ2) is 3.86. The SMILES string of the molecule is CC1(C)CCC(C)(C)N1C(=O)c1ccccc1. The molecular weight excluding hydrogens is 210 g/mol. The van der Waals surface area contributed by atoms with Crippen LogP contribution in [0.1, 0.15) is 50.9 Å². The van der Waals surface area contributed by atoms with Crippen LogP contribution in [0.5, 0.6) is 0 Å². The summed E-state index contributed by atoms with van der Waals surface area (Å²) in [5.41, 5.74) is 0.697. The normalized spacial score (nSPS) is 21.5. The van der Waals surface area contributed by atoms with E-state index in [0.29, 0.717) is 0 Å². The van der Waals surface area contributed by atoms with Crippen molar-refractivity contribution in [2.75, 3.05) is 0 Å². The van der Waals surface area contributed by atoms with Gasteiger partial charge in [-0.1, -0.05) is 18.2 Å². The lowest BCUT2D eigenvalue weighted by molar-refractivity contribution is 0.0428. The first-order chi connectivity index (χ1) is 7.84. The van der Waals surface area contributed by atoms with E-state index >= 15 is 0 Å². The molecule has 0 aliphatic carbocycles. The van der Waals surface area contributed by atoms with E-state index in [4.69, 9.17) is 0 Å².